The summed E-state index contributed by atoms with van der Waals surface area (Å²) in [6.45, 7) is 0. The second kappa shape index (κ2) is 5.75. The van der Waals surface area contributed by atoms with Crippen LogP contribution in [0.3, 0.4) is 0 Å². The Hall–Kier alpha value is -1.69. The van der Waals surface area contributed by atoms with Crippen LogP contribution < -0.4 is 9.47 Å². The lowest BCUT2D eigenvalue weighted by molar-refractivity contribution is -0.139. The average molecular weight is 347 g/mol. The maximum absolute atomic E-state index is 13.1. The van der Waals surface area contributed by atoms with Gasteiger partial charge in [0.1, 0.15) is 22.8 Å². The van der Waals surface area contributed by atoms with Gasteiger partial charge in [0.25, 0.3) is 0 Å². The van der Waals surface area contributed by atoms with Crippen molar-refractivity contribution in [1.29, 1.82) is 0 Å². The molecular formula is C14H10BrF3O2. The predicted molar refractivity (Wildman–Crippen MR) is 72.2 cm³/mol. The number of hydrogen-bond acceptors (Lipinski definition) is 2. The van der Waals surface area contributed by atoms with E-state index in [4.69, 9.17) is 9.47 Å². The highest BCUT2D eigenvalue weighted by Crippen LogP contribution is 2.43. The average Bonchev–Trinajstić information content (AvgIpc) is 2.40. The van der Waals surface area contributed by atoms with E-state index in [1.54, 1.807) is 24.3 Å². The van der Waals surface area contributed by atoms with Crippen molar-refractivity contribution in [2.24, 2.45) is 0 Å². The van der Waals surface area contributed by atoms with Crippen molar-refractivity contribution in [3.8, 4) is 17.2 Å². The van der Waals surface area contributed by atoms with Gasteiger partial charge in [-0.25, -0.2) is 0 Å². The summed E-state index contributed by atoms with van der Waals surface area (Å²) in [7, 11) is 1.19. The van der Waals surface area contributed by atoms with Crippen LogP contribution in [0.15, 0.2) is 46.9 Å². The van der Waals surface area contributed by atoms with Crippen molar-refractivity contribution in [3.63, 3.8) is 0 Å². The molecular weight excluding hydrogens is 337 g/mol. The minimum atomic E-state index is -4.56. The zero-order valence-corrected chi connectivity index (χ0v) is 12.0. The summed E-state index contributed by atoms with van der Waals surface area (Å²) in [5.74, 6) is -0.252. The fraction of sp³-hybridized carbons (Fsp3) is 0.143. The van der Waals surface area contributed by atoms with Crippen LogP contribution in [0.25, 0.3) is 0 Å². The maximum Gasteiger partial charge on any atom is 0.423 e. The van der Waals surface area contributed by atoms with Crippen LogP contribution >= 0.6 is 15.9 Å². The molecule has 2 aromatic rings. The van der Waals surface area contributed by atoms with E-state index in [0.717, 1.165) is 4.47 Å². The highest BCUT2D eigenvalue weighted by Gasteiger charge is 2.38. The van der Waals surface area contributed by atoms with Crippen molar-refractivity contribution in [3.05, 3.63) is 52.5 Å². The quantitative estimate of drug-likeness (QED) is 0.753. The second-order valence-corrected chi connectivity index (χ2v) is 4.80. The van der Waals surface area contributed by atoms with Crippen molar-refractivity contribution in [2.75, 3.05) is 7.11 Å². The van der Waals surface area contributed by atoms with Gasteiger partial charge in [0, 0.05) is 4.47 Å². The highest BCUT2D eigenvalue weighted by atomic mass is 79.9. The molecule has 0 N–H and O–H groups in total. The Balaban J connectivity index is 2.43. The summed E-state index contributed by atoms with van der Waals surface area (Å²) >= 11 is 3.24. The van der Waals surface area contributed by atoms with Gasteiger partial charge in [-0.2, -0.15) is 13.2 Å². The summed E-state index contributed by atoms with van der Waals surface area (Å²) in [6.07, 6.45) is -4.56. The molecule has 6 heteroatoms. The van der Waals surface area contributed by atoms with Gasteiger partial charge in [0.05, 0.1) is 7.11 Å². The third-order valence-corrected chi connectivity index (χ3v) is 3.06. The van der Waals surface area contributed by atoms with Gasteiger partial charge < -0.3 is 9.47 Å². The van der Waals surface area contributed by atoms with E-state index in [2.05, 4.69) is 15.9 Å². The van der Waals surface area contributed by atoms with Crippen LogP contribution in [0, 0.1) is 0 Å². The summed E-state index contributed by atoms with van der Waals surface area (Å²) in [6, 6.07) is 10.5. The van der Waals surface area contributed by atoms with Crippen LogP contribution in [0.4, 0.5) is 13.2 Å². The standard InChI is InChI=1S/C14H10BrF3O2/c1-19-11-3-2-4-12(13(11)14(16,17)18)20-10-7-5-9(15)6-8-10/h2-8H,1H3. The molecule has 106 valence electrons. The first-order valence-electron chi connectivity index (χ1n) is 5.59. The number of alkyl halides is 3. The Bertz CT molecular complexity index is 594. The van der Waals surface area contributed by atoms with Crippen molar-refractivity contribution in [2.45, 2.75) is 6.18 Å². The van der Waals surface area contributed by atoms with Crippen LogP contribution in [0.5, 0.6) is 17.2 Å². The fourth-order valence-electron chi connectivity index (χ4n) is 1.68. The number of halogens is 4. The molecule has 0 aliphatic rings. The molecule has 2 nitrogen and oxygen atoms in total. The molecule has 0 bridgehead atoms. The van der Waals surface area contributed by atoms with Gasteiger partial charge in [0.2, 0.25) is 0 Å². The molecule has 0 heterocycles. The SMILES string of the molecule is COc1cccc(Oc2ccc(Br)cc2)c1C(F)(F)F. The summed E-state index contributed by atoms with van der Waals surface area (Å²) in [4.78, 5) is 0. The number of methoxy groups -OCH3 is 1. The molecule has 2 aromatic carbocycles. The van der Waals surface area contributed by atoms with Gasteiger partial charge in [-0.15, -0.1) is 0 Å². The topological polar surface area (TPSA) is 18.5 Å². The first-order valence-corrected chi connectivity index (χ1v) is 6.38. The molecule has 20 heavy (non-hydrogen) atoms. The molecule has 0 aliphatic carbocycles. The smallest absolute Gasteiger partial charge is 0.423 e. The number of benzene rings is 2. The Labute approximate surface area is 122 Å². The van der Waals surface area contributed by atoms with Gasteiger partial charge in [-0.3, -0.25) is 0 Å². The van der Waals surface area contributed by atoms with Crippen LogP contribution in [0.1, 0.15) is 5.56 Å². The van der Waals surface area contributed by atoms with E-state index in [0.29, 0.717) is 5.75 Å². The molecule has 0 fully saturated rings. The number of hydrogen-bond donors (Lipinski definition) is 0. The molecule has 0 atom stereocenters. The van der Waals surface area contributed by atoms with Gasteiger partial charge in [0.15, 0.2) is 0 Å². The maximum atomic E-state index is 13.1. The van der Waals surface area contributed by atoms with Gasteiger partial charge in [-0.1, -0.05) is 22.0 Å². The van der Waals surface area contributed by atoms with Crippen molar-refractivity contribution in [1.82, 2.24) is 0 Å². The number of rotatable bonds is 3. The largest absolute Gasteiger partial charge is 0.496 e. The van der Waals surface area contributed by atoms with Crippen molar-refractivity contribution >= 4 is 15.9 Å². The summed E-state index contributed by atoms with van der Waals surface area (Å²) in [5, 5.41) is 0. The van der Waals surface area contributed by atoms with E-state index in [-0.39, 0.29) is 11.5 Å². The van der Waals surface area contributed by atoms with Crippen LogP contribution in [-0.2, 0) is 6.18 Å². The summed E-state index contributed by atoms with van der Waals surface area (Å²) < 4.78 is 50.2. The molecule has 0 aliphatic heterocycles. The lowest BCUT2D eigenvalue weighted by Crippen LogP contribution is -2.09. The molecule has 0 radical (unpaired) electrons. The first kappa shape index (κ1) is 14.7. The molecule has 0 saturated heterocycles. The monoisotopic (exact) mass is 346 g/mol. The van der Waals surface area contributed by atoms with Gasteiger partial charge in [-0.05, 0) is 36.4 Å². The minimum absolute atomic E-state index is 0.271. The Morgan fingerprint density at radius 1 is 0.950 bits per heavy atom. The third kappa shape index (κ3) is 3.25. The molecule has 0 amide bonds. The normalized spacial score (nSPS) is 11.2. The van der Waals surface area contributed by atoms with E-state index < -0.39 is 11.7 Å². The lowest BCUT2D eigenvalue weighted by Gasteiger charge is -2.16. The molecule has 0 aromatic heterocycles. The second-order valence-electron chi connectivity index (χ2n) is 3.89. The zero-order valence-electron chi connectivity index (χ0n) is 10.4. The zero-order chi connectivity index (χ0) is 14.8. The van der Waals surface area contributed by atoms with E-state index in [1.165, 1.54) is 25.3 Å². The predicted octanol–water partition coefficient (Wildman–Crippen LogP) is 5.27. The van der Waals surface area contributed by atoms with Crippen LogP contribution in [-0.4, -0.2) is 7.11 Å². The first-order chi connectivity index (χ1) is 9.41. The van der Waals surface area contributed by atoms with Crippen molar-refractivity contribution < 1.29 is 22.6 Å². The summed E-state index contributed by atoms with van der Waals surface area (Å²) in [5.41, 5.74) is -0.926. The molecule has 0 saturated carbocycles. The Morgan fingerprint density at radius 2 is 1.55 bits per heavy atom. The minimum Gasteiger partial charge on any atom is -0.496 e. The highest BCUT2D eigenvalue weighted by molar-refractivity contribution is 9.10. The Morgan fingerprint density at radius 3 is 2.10 bits per heavy atom. The van der Waals surface area contributed by atoms with Crippen LogP contribution in [0.2, 0.25) is 0 Å². The van der Waals surface area contributed by atoms with Gasteiger partial charge >= 0.3 is 6.18 Å². The van der Waals surface area contributed by atoms with E-state index >= 15 is 0 Å². The lowest BCUT2D eigenvalue weighted by atomic mass is 10.1. The Kier molecular flexibility index (Phi) is 4.23. The molecule has 0 unspecified atom stereocenters. The fourth-order valence-corrected chi connectivity index (χ4v) is 1.94. The van der Waals surface area contributed by atoms with E-state index in [1.807, 2.05) is 0 Å². The molecule has 0 spiro atoms. The molecule has 2 rings (SSSR count). The third-order valence-electron chi connectivity index (χ3n) is 2.53. The van der Waals surface area contributed by atoms with E-state index in [9.17, 15) is 13.2 Å². The number of ether oxygens (including phenoxy) is 2.